The molecule has 1 aromatic rings. The van der Waals surface area contributed by atoms with Gasteiger partial charge in [0.1, 0.15) is 0 Å². The van der Waals surface area contributed by atoms with E-state index >= 15 is 0 Å². The number of nitrogens with zero attached hydrogens (tertiary/aromatic N) is 1. The highest BCUT2D eigenvalue weighted by Crippen LogP contribution is 2.17. The monoisotopic (exact) mass is 248 g/mol. The van der Waals surface area contributed by atoms with Crippen molar-refractivity contribution in [2.45, 2.75) is 0 Å². The molecule has 0 amide bonds. The summed E-state index contributed by atoms with van der Waals surface area (Å²) in [5.74, 6) is 0. The summed E-state index contributed by atoms with van der Waals surface area (Å²) in [7, 11) is 0. The Morgan fingerprint density at radius 2 is 1.26 bits per heavy atom. The van der Waals surface area contributed by atoms with Gasteiger partial charge in [-0.05, 0) is 17.7 Å². The molecule has 0 spiro atoms. The van der Waals surface area contributed by atoms with Crippen LogP contribution in [0.3, 0.4) is 0 Å². The minimum Gasteiger partial charge on any atom is -0.278 e. The first-order valence-electron chi connectivity index (χ1n) is 6.18. The number of allylic oxidation sites excluding steroid dienone is 9. The second-order valence-electron chi connectivity index (χ2n) is 3.88. The molecular weight excluding hydrogens is 232 g/mol. The minimum atomic E-state index is 1.05. The van der Waals surface area contributed by atoms with Crippen LogP contribution in [0.2, 0.25) is 0 Å². The van der Waals surface area contributed by atoms with Crippen molar-refractivity contribution in [3.8, 4) is 0 Å². The Bertz CT molecular complexity index is 517. The summed E-state index contributed by atoms with van der Waals surface area (Å²) < 4.78 is 0. The van der Waals surface area contributed by atoms with Gasteiger partial charge in [0.05, 0.1) is 5.69 Å². The predicted octanol–water partition coefficient (Wildman–Crippen LogP) is 4.34. The van der Waals surface area contributed by atoms with E-state index in [4.69, 9.17) is 0 Å². The Labute approximate surface area is 113 Å². The van der Waals surface area contributed by atoms with E-state index in [1.165, 1.54) is 5.56 Å². The van der Waals surface area contributed by atoms with E-state index in [1.54, 1.807) is 6.21 Å². The zero-order chi connectivity index (χ0) is 13.2. The Morgan fingerprint density at radius 3 is 1.89 bits per heavy atom. The van der Waals surface area contributed by atoms with Crippen LogP contribution in [0, 0.1) is 0 Å². The highest BCUT2D eigenvalue weighted by atomic mass is 15.3. The number of hydrogen-bond acceptors (Lipinski definition) is 2. The number of nitrogens with one attached hydrogen (secondary N) is 1. The maximum atomic E-state index is 3.95. The first kappa shape index (κ1) is 12.8. The molecule has 0 unspecified atom stereocenters. The fourth-order valence-electron chi connectivity index (χ4n) is 1.55. The molecule has 2 aliphatic rings. The molecule has 0 bridgehead atoms. The molecular formula is C17H16N2. The molecule has 2 nitrogen and oxygen atoms in total. The fourth-order valence-corrected chi connectivity index (χ4v) is 1.55. The van der Waals surface area contributed by atoms with E-state index in [0.717, 1.165) is 5.69 Å². The Kier molecular flexibility index (Phi) is 5.18. The highest BCUT2D eigenvalue weighted by Gasteiger charge is 1.96. The Hall–Kier alpha value is -2.61. The summed E-state index contributed by atoms with van der Waals surface area (Å²) in [6.07, 6.45) is 21.7. The van der Waals surface area contributed by atoms with E-state index in [1.807, 2.05) is 85.0 Å². The van der Waals surface area contributed by atoms with Gasteiger partial charge in [-0.3, -0.25) is 5.43 Å². The van der Waals surface area contributed by atoms with Crippen molar-refractivity contribution in [2.24, 2.45) is 5.10 Å². The Balaban J connectivity index is 0.000000148. The second-order valence-corrected chi connectivity index (χ2v) is 3.88. The van der Waals surface area contributed by atoms with Crippen LogP contribution >= 0.6 is 0 Å². The van der Waals surface area contributed by atoms with Gasteiger partial charge >= 0.3 is 0 Å². The summed E-state index contributed by atoms with van der Waals surface area (Å²) in [5, 5.41) is 3.95. The summed E-state index contributed by atoms with van der Waals surface area (Å²) in [6, 6.07) is 8.05. The van der Waals surface area contributed by atoms with Gasteiger partial charge in [0.15, 0.2) is 0 Å². The fraction of sp³-hybridized carbons (Fsp3) is 0. The number of rotatable bonds is 0. The maximum Gasteiger partial charge on any atom is 0.0634 e. The van der Waals surface area contributed by atoms with Crippen molar-refractivity contribution in [1.82, 2.24) is 0 Å². The molecule has 1 N–H and O–H groups in total. The van der Waals surface area contributed by atoms with Gasteiger partial charge in [-0.25, -0.2) is 0 Å². The molecule has 0 aromatic heterocycles. The molecule has 0 atom stereocenters. The third kappa shape index (κ3) is 4.64. The average molecular weight is 248 g/mol. The summed E-state index contributed by atoms with van der Waals surface area (Å²) in [5.41, 5.74) is 5.16. The third-order valence-corrected chi connectivity index (χ3v) is 2.47. The van der Waals surface area contributed by atoms with Crippen LogP contribution in [0.25, 0.3) is 6.08 Å². The molecule has 19 heavy (non-hydrogen) atoms. The van der Waals surface area contributed by atoms with Crippen LogP contribution in [-0.4, -0.2) is 6.21 Å². The lowest BCUT2D eigenvalue weighted by atomic mass is 10.2. The van der Waals surface area contributed by atoms with Crippen molar-refractivity contribution in [3.05, 3.63) is 84.5 Å². The first-order chi connectivity index (χ1) is 9.47. The lowest BCUT2D eigenvalue weighted by molar-refractivity contribution is 1.36. The molecule has 3 rings (SSSR count). The highest BCUT2D eigenvalue weighted by molar-refractivity contribution is 5.83. The van der Waals surface area contributed by atoms with Crippen molar-refractivity contribution in [1.29, 1.82) is 0 Å². The van der Waals surface area contributed by atoms with E-state index < -0.39 is 0 Å². The van der Waals surface area contributed by atoms with Crippen molar-refractivity contribution >= 4 is 18.0 Å². The van der Waals surface area contributed by atoms with Crippen molar-refractivity contribution < 1.29 is 0 Å². The van der Waals surface area contributed by atoms with Crippen molar-refractivity contribution in [3.63, 3.8) is 0 Å². The number of para-hydroxylation sites is 1. The van der Waals surface area contributed by atoms with Crippen LogP contribution in [-0.2, 0) is 0 Å². The van der Waals surface area contributed by atoms with Gasteiger partial charge in [-0.1, -0.05) is 72.9 Å². The van der Waals surface area contributed by atoms with E-state index in [2.05, 4.69) is 10.5 Å². The van der Waals surface area contributed by atoms with Crippen LogP contribution in [0.4, 0.5) is 5.69 Å². The molecule has 0 fully saturated rings. The van der Waals surface area contributed by atoms with Gasteiger partial charge in [0, 0.05) is 6.21 Å². The molecule has 0 saturated carbocycles. The second kappa shape index (κ2) is 7.67. The smallest absolute Gasteiger partial charge is 0.0634 e. The molecule has 1 aliphatic carbocycles. The molecule has 1 heterocycles. The number of benzene rings is 1. The lowest BCUT2D eigenvalue weighted by Gasteiger charge is -2.00. The predicted molar refractivity (Wildman–Crippen MR) is 84.2 cm³/mol. The van der Waals surface area contributed by atoms with Gasteiger partial charge in [-0.15, -0.1) is 0 Å². The van der Waals surface area contributed by atoms with E-state index in [9.17, 15) is 0 Å². The van der Waals surface area contributed by atoms with Gasteiger partial charge in [0.25, 0.3) is 0 Å². The third-order valence-electron chi connectivity index (χ3n) is 2.47. The number of anilines is 1. The zero-order valence-corrected chi connectivity index (χ0v) is 10.6. The van der Waals surface area contributed by atoms with E-state index in [-0.39, 0.29) is 0 Å². The van der Waals surface area contributed by atoms with E-state index in [0.29, 0.717) is 0 Å². The lowest BCUT2D eigenvalue weighted by Crippen LogP contribution is -1.87. The number of hydrazone groups is 1. The van der Waals surface area contributed by atoms with Gasteiger partial charge in [-0.2, -0.15) is 5.10 Å². The first-order valence-corrected chi connectivity index (χ1v) is 6.18. The van der Waals surface area contributed by atoms with Crippen molar-refractivity contribution in [2.75, 3.05) is 5.43 Å². The van der Waals surface area contributed by atoms with Crippen LogP contribution in [0.15, 0.2) is 84.1 Å². The van der Waals surface area contributed by atoms with Crippen LogP contribution in [0.5, 0.6) is 0 Å². The average Bonchev–Trinajstić information content (AvgIpc) is 2.63. The molecule has 2 heteroatoms. The van der Waals surface area contributed by atoms with Gasteiger partial charge in [0.2, 0.25) is 0 Å². The topological polar surface area (TPSA) is 24.4 Å². The summed E-state index contributed by atoms with van der Waals surface area (Å²) >= 11 is 0. The molecule has 1 aromatic carbocycles. The molecule has 0 radical (unpaired) electrons. The van der Waals surface area contributed by atoms with Gasteiger partial charge < -0.3 is 0 Å². The Morgan fingerprint density at radius 1 is 0.684 bits per heavy atom. The molecule has 94 valence electrons. The molecule has 1 aliphatic heterocycles. The minimum absolute atomic E-state index is 1.05. The summed E-state index contributed by atoms with van der Waals surface area (Å²) in [4.78, 5) is 0. The largest absolute Gasteiger partial charge is 0.278 e. The normalized spacial score (nSPS) is 14.5. The molecule has 0 saturated heterocycles. The number of fused-ring (bicyclic) bond motifs is 1. The van der Waals surface area contributed by atoms with Crippen LogP contribution < -0.4 is 5.43 Å². The quantitative estimate of drug-likeness (QED) is 0.725. The zero-order valence-electron chi connectivity index (χ0n) is 10.6. The SMILES string of the molecule is C1=CC=CC=CC=C1.C1=Cc2ccccc2NN=C1. The standard InChI is InChI=1S/C9H8N2.C8H8/c1-2-6-9-8(4-1)5-3-7-10-11-9;1-2-4-6-8-7-5-3-1/h1-7,11H;1-8H. The maximum absolute atomic E-state index is 3.95. The van der Waals surface area contributed by atoms with Crippen LogP contribution in [0.1, 0.15) is 5.56 Å². The number of hydrogen-bond donors (Lipinski definition) is 1. The summed E-state index contributed by atoms with van der Waals surface area (Å²) in [6.45, 7) is 0.